The van der Waals surface area contributed by atoms with Gasteiger partial charge in [-0.1, -0.05) is 25.1 Å². The summed E-state index contributed by atoms with van der Waals surface area (Å²) in [6.07, 6.45) is 4.67. The molecule has 4 nitrogen and oxygen atoms in total. The molecule has 0 N–H and O–H groups in total. The van der Waals surface area contributed by atoms with Crippen molar-refractivity contribution in [1.82, 2.24) is 14.9 Å². The molecule has 0 unspecified atom stereocenters. The smallest absolute Gasteiger partial charge is 0.257 e. The number of hydrogen-bond acceptors (Lipinski definition) is 3. The number of nitrogens with zero attached hydrogens (tertiary/aromatic N) is 3. The van der Waals surface area contributed by atoms with E-state index in [0.717, 1.165) is 18.7 Å². The van der Waals surface area contributed by atoms with Crippen LogP contribution in [0, 0.1) is 5.82 Å². The van der Waals surface area contributed by atoms with Crippen LogP contribution in [-0.2, 0) is 6.42 Å². The van der Waals surface area contributed by atoms with Crippen LogP contribution in [0.3, 0.4) is 0 Å². The molecule has 1 aromatic heterocycles. The zero-order valence-corrected chi connectivity index (χ0v) is 12.5. The van der Waals surface area contributed by atoms with Gasteiger partial charge in [-0.2, -0.15) is 0 Å². The third-order valence-corrected chi connectivity index (χ3v) is 4.09. The van der Waals surface area contributed by atoms with Crippen molar-refractivity contribution in [3.63, 3.8) is 0 Å². The summed E-state index contributed by atoms with van der Waals surface area (Å²) in [5, 5.41) is 0. The molecule has 114 valence electrons. The van der Waals surface area contributed by atoms with Crippen LogP contribution in [-0.4, -0.2) is 33.9 Å². The zero-order valence-electron chi connectivity index (χ0n) is 12.5. The number of halogens is 1. The van der Waals surface area contributed by atoms with Gasteiger partial charge in [0.25, 0.3) is 5.91 Å². The maximum absolute atomic E-state index is 13.9. The number of carbonyl (C=O) groups is 1. The summed E-state index contributed by atoms with van der Waals surface area (Å²) < 4.78 is 13.9. The number of hydrogen-bond donors (Lipinski definition) is 0. The maximum atomic E-state index is 13.9. The van der Waals surface area contributed by atoms with E-state index in [0.29, 0.717) is 24.2 Å². The fourth-order valence-electron chi connectivity index (χ4n) is 2.84. The fourth-order valence-corrected chi connectivity index (χ4v) is 2.84. The SMILES string of the molecule is CCc1ncc(C(=O)N2CC[C@@H](c3ccccc3F)C2)cn1. The van der Waals surface area contributed by atoms with Gasteiger partial charge in [0.1, 0.15) is 11.6 Å². The molecule has 1 saturated heterocycles. The van der Waals surface area contributed by atoms with Gasteiger partial charge < -0.3 is 4.90 Å². The predicted molar refractivity (Wildman–Crippen MR) is 81.1 cm³/mol. The lowest BCUT2D eigenvalue weighted by atomic mass is 9.98. The van der Waals surface area contributed by atoms with E-state index in [1.54, 1.807) is 29.4 Å². The van der Waals surface area contributed by atoms with Crippen LogP contribution >= 0.6 is 0 Å². The molecule has 3 rings (SSSR count). The summed E-state index contributed by atoms with van der Waals surface area (Å²) >= 11 is 0. The minimum absolute atomic E-state index is 0.0565. The van der Waals surface area contributed by atoms with Crippen molar-refractivity contribution in [2.24, 2.45) is 0 Å². The summed E-state index contributed by atoms with van der Waals surface area (Å²) in [6, 6.07) is 6.79. The predicted octanol–water partition coefficient (Wildman–Crippen LogP) is 2.81. The second-order valence-corrected chi connectivity index (χ2v) is 5.50. The maximum Gasteiger partial charge on any atom is 0.257 e. The van der Waals surface area contributed by atoms with Crippen LogP contribution in [0.2, 0.25) is 0 Å². The average Bonchev–Trinajstić information content (AvgIpc) is 3.04. The standard InChI is InChI=1S/C17H18FN3O/c1-2-16-19-9-13(10-20-16)17(22)21-8-7-12(11-21)14-5-3-4-6-15(14)18/h3-6,9-10,12H,2,7-8,11H2,1H3/t12-/m1/s1. The lowest BCUT2D eigenvalue weighted by Gasteiger charge is -2.16. The van der Waals surface area contributed by atoms with Gasteiger partial charge in [-0.05, 0) is 18.1 Å². The summed E-state index contributed by atoms with van der Waals surface area (Å²) in [5.41, 5.74) is 1.18. The zero-order chi connectivity index (χ0) is 15.5. The number of aromatic nitrogens is 2. The summed E-state index contributed by atoms with van der Waals surface area (Å²) in [7, 11) is 0. The Morgan fingerprint density at radius 1 is 1.32 bits per heavy atom. The Labute approximate surface area is 129 Å². The van der Waals surface area contributed by atoms with Crippen LogP contribution in [0.15, 0.2) is 36.7 Å². The molecule has 1 aliphatic rings. The van der Waals surface area contributed by atoms with Crippen molar-refractivity contribution in [1.29, 1.82) is 0 Å². The quantitative estimate of drug-likeness (QED) is 0.875. The summed E-state index contributed by atoms with van der Waals surface area (Å²) in [5.74, 6) is 0.502. The van der Waals surface area contributed by atoms with Crippen LogP contribution < -0.4 is 0 Å². The number of likely N-dealkylation sites (tertiary alicyclic amines) is 1. The van der Waals surface area contributed by atoms with Crippen LogP contribution in [0.1, 0.15) is 41.0 Å². The van der Waals surface area contributed by atoms with Crippen LogP contribution in [0.5, 0.6) is 0 Å². The Hall–Kier alpha value is -2.30. The second-order valence-electron chi connectivity index (χ2n) is 5.50. The van der Waals surface area contributed by atoms with E-state index in [1.165, 1.54) is 6.07 Å². The van der Waals surface area contributed by atoms with E-state index in [-0.39, 0.29) is 17.6 Å². The average molecular weight is 299 g/mol. The van der Waals surface area contributed by atoms with Gasteiger partial charge in [-0.25, -0.2) is 14.4 Å². The van der Waals surface area contributed by atoms with Gasteiger partial charge in [0.15, 0.2) is 0 Å². The molecular formula is C17H18FN3O. The van der Waals surface area contributed by atoms with Crippen molar-refractivity contribution < 1.29 is 9.18 Å². The molecule has 2 heterocycles. The second kappa shape index (κ2) is 6.22. The first-order valence-electron chi connectivity index (χ1n) is 7.53. The Kier molecular flexibility index (Phi) is 4.13. The molecule has 0 radical (unpaired) electrons. The number of aryl methyl sites for hydroxylation is 1. The van der Waals surface area contributed by atoms with Crippen molar-refractivity contribution in [2.75, 3.05) is 13.1 Å². The molecule has 0 aliphatic carbocycles. The van der Waals surface area contributed by atoms with E-state index < -0.39 is 0 Å². The Morgan fingerprint density at radius 2 is 2.05 bits per heavy atom. The lowest BCUT2D eigenvalue weighted by Crippen LogP contribution is -2.28. The van der Waals surface area contributed by atoms with Gasteiger partial charge >= 0.3 is 0 Å². The van der Waals surface area contributed by atoms with Gasteiger partial charge in [0.05, 0.1) is 5.56 Å². The fraction of sp³-hybridized carbons (Fsp3) is 0.353. The highest BCUT2D eigenvalue weighted by molar-refractivity contribution is 5.93. The highest BCUT2D eigenvalue weighted by Crippen LogP contribution is 2.29. The summed E-state index contributed by atoms with van der Waals surface area (Å²) in [6.45, 7) is 3.14. The Morgan fingerprint density at radius 3 is 2.73 bits per heavy atom. The van der Waals surface area contributed by atoms with Crippen molar-refractivity contribution in [3.8, 4) is 0 Å². The molecule has 22 heavy (non-hydrogen) atoms. The molecule has 1 aromatic carbocycles. The van der Waals surface area contributed by atoms with Gasteiger partial charge in [0, 0.05) is 37.8 Å². The molecule has 1 aliphatic heterocycles. The molecule has 2 aromatic rings. The highest BCUT2D eigenvalue weighted by Gasteiger charge is 2.29. The van der Waals surface area contributed by atoms with E-state index in [2.05, 4.69) is 9.97 Å². The Balaban J connectivity index is 1.72. The van der Waals surface area contributed by atoms with Gasteiger partial charge in [-0.15, -0.1) is 0 Å². The highest BCUT2D eigenvalue weighted by atomic mass is 19.1. The molecule has 0 bridgehead atoms. The van der Waals surface area contributed by atoms with Crippen molar-refractivity contribution in [2.45, 2.75) is 25.7 Å². The van der Waals surface area contributed by atoms with E-state index >= 15 is 0 Å². The molecule has 5 heteroatoms. The molecule has 0 saturated carbocycles. The first-order valence-corrected chi connectivity index (χ1v) is 7.53. The van der Waals surface area contributed by atoms with Crippen LogP contribution in [0.4, 0.5) is 4.39 Å². The number of rotatable bonds is 3. The largest absolute Gasteiger partial charge is 0.338 e. The van der Waals surface area contributed by atoms with Gasteiger partial charge in [0.2, 0.25) is 0 Å². The molecule has 1 atom stereocenters. The Bertz CT molecular complexity index is 672. The number of amides is 1. The van der Waals surface area contributed by atoms with Crippen LogP contribution in [0.25, 0.3) is 0 Å². The van der Waals surface area contributed by atoms with E-state index in [9.17, 15) is 9.18 Å². The topological polar surface area (TPSA) is 46.1 Å². The number of benzene rings is 1. The van der Waals surface area contributed by atoms with Gasteiger partial charge in [-0.3, -0.25) is 4.79 Å². The lowest BCUT2D eigenvalue weighted by molar-refractivity contribution is 0.0789. The molecule has 1 amide bonds. The van der Waals surface area contributed by atoms with Crippen molar-refractivity contribution >= 4 is 5.91 Å². The third-order valence-electron chi connectivity index (χ3n) is 4.09. The third kappa shape index (κ3) is 2.84. The monoisotopic (exact) mass is 299 g/mol. The first kappa shape index (κ1) is 14.6. The van der Waals surface area contributed by atoms with E-state index in [1.807, 2.05) is 13.0 Å². The summed E-state index contributed by atoms with van der Waals surface area (Å²) in [4.78, 5) is 22.5. The molecule has 1 fully saturated rings. The van der Waals surface area contributed by atoms with E-state index in [4.69, 9.17) is 0 Å². The molecular weight excluding hydrogens is 281 g/mol. The molecule has 0 spiro atoms. The normalized spacial score (nSPS) is 17.7. The minimum Gasteiger partial charge on any atom is -0.338 e. The number of carbonyl (C=O) groups excluding carboxylic acids is 1. The first-order chi connectivity index (χ1) is 10.7. The van der Waals surface area contributed by atoms with Crippen molar-refractivity contribution in [3.05, 3.63) is 59.4 Å². The minimum atomic E-state index is -0.197.